The van der Waals surface area contributed by atoms with Gasteiger partial charge >= 0.3 is 5.97 Å². The molecule has 0 atom stereocenters. The standard InChI is InChI=1S/C14H19NO2/c1-4-8-15-12-6-5-7-13(10-12)17-14(16)9-11(2)3/h5-7,9-10,15H,4,8H2,1-3H3. The molecule has 0 amide bonds. The van der Waals surface area contributed by atoms with E-state index in [2.05, 4.69) is 12.2 Å². The van der Waals surface area contributed by atoms with Gasteiger partial charge in [-0.15, -0.1) is 0 Å². The molecule has 0 spiro atoms. The predicted octanol–water partition coefficient (Wildman–Crippen LogP) is 3.38. The highest BCUT2D eigenvalue weighted by atomic mass is 16.5. The molecular formula is C14H19NO2. The first-order valence-corrected chi connectivity index (χ1v) is 5.82. The Morgan fingerprint density at radius 1 is 1.41 bits per heavy atom. The monoisotopic (exact) mass is 233 g/mol. The van der Waals surface area contributed by atoms with Crippen molar-refractivity contribution in [1.82, 2.24) is 0 Å². The van der Waals surface area contributed by atoms with E-state index >= 15 is 0 Å². The minimum Gasteiger partial charge on any atom is -0.423 e. The van der Waals surface area contributed by atoms with Crippen molar-refractivity contribution in [3.63, 3.8) is 0 Å². The molecule has 0 fully saturated rings. The highest BCUT2D eigenvalue weighted by Gasteiger charge is 2.01. The van der Waals surface area contributed by atoms with E-state index in [1.165, 1.54) is 6.08 Å². The van der Waals surface area contributed by atoms with Gasteiger partial charge in [-0.3, -0.25) is 0 Å². The Labute approximate surface area is 102 Å². The topological polar surface area (TPSA) is 38.3 Å². The minimum atomic E-state index is -0.336. The van der Waals surface area contributed by atoms with Gasteiger partial charge in [-0.25, -0.2) is 4.79 Å². The smallest absolute Gasteiger partial charge is 0.336 e. The number of carbonyl (C=O) groups is 1. The molecular weight excluding hydrogens is 214 g/mol. The van der Waals surface area contributed by atoms with Gasteiger partial charge in [0, 0.05) is 24.4 Å². The molecule has 3 heteroatoms. The van der Waals surface area contributed by atoms with E-state index in [-0.39, 0.29) is 5.97 Å². The maximum atomic E-state index is 11.4. The van der Waals surface area contributed by atoms with Crippen LogP contribution in [0.1, 0.15) is 27.2 Å². The molecule has 0 aliphatic heterocycles. The van der Waals surface area contributed by atoms with Crippen LogP contribution in [0, 0.1) is 0 Å². The molecule has 17 heavy (non-hydrogen) atoms. The average molecular weight is 233 g/mol. The molecule has 92 valence electrons. The van der Waals surface area contributed by atoms with Gasteiger partial charge in [-0.05, 0) is 32.4 Å². The van der Waals surface area contributed by atoms with Gasteiger partial charge in [0.1, 0.15) is 5.75 Å². The quantitative estimate of drug-likeness (QED) is 0.481. The van der Waals surface area contributed by atoms with Gasteiger partial charge in [0.15, 0.2) is 0 Å². The van der Waals surface area contributed by atoms with Crippen LogP contribution in [-0.4, -0.2) is 12.5 Å². The normalized spacial score (nSPS) is 9.59. The molecule has 1 N–H and O–H groups in total. The zero-order valence-corrected chi connectivity index (χ0v) is 10.6. The maximum absolute atomic E-state index is 11.4. The number of anilines is 1. The largest absolute Gasteiger partial charge is 0.423 e. The van der Waals surface area contributed by atoms with Crippen molar-refractivity contribution in [2.75, 3.05) is 11.9 Å². The molecule has 0 unspecified atom stereocenters. The third kappa shape index (κ3) is 5.20. The lowest BCUT2D eigenvalue weighted by molar-refractivity contribution is -0.129. The maximum Gasteiger partial charge on any atom is 0.336 e. The molecule has 0 aliphatic carbocycles. The van der Waals surface area contributed by atoms with Crippen LogP contribution in [-0.2, 0) is 4.79 Å². The molecule has 0 aliphatic rings. The summed E-state index contributed by atoms with van der Waals surface area (Å²) in [5.41, 5.74) is 1.89. The number of hydrogen-bond acceptors (Lipinski definition) is 3. The number of nitrogens with one attached hydrogen (secondary N) is 1. The Morgan fingerprint density at radius 3 is 2.82 bits per heavy atom. The van der Waals surface area contributed by atoms with Gasteiger partial charge < -0.3 is 10.1 Å². The first-order valence-electron chi connectivity index (χ1n) is 5.82. The van der Waals surface area contributed by atoms with E-state index in [9.17, 15) is 4.79 Å². The molecule has 0 radical (unpaired) electrons. The van der Waals surface area contributed by atoms with Crippen LogP contribution in [0.25, 0.3) is 0 Å². The number of hydrogen-bond donors (Lipinski definition) is 1. The van der Waals surface area contributed by atoms with Crippen LogP contribution in [0.3, 0.4) is 0 Å². The summed E-state index contributed by atoms with van der Waals surface area (Å²) in [6.07, 6.45) is 2.54. The van der Waals surface area contributed by atoms with E-state index < -0.39 is 0 Å². The van der Waals surface area contributed by atoms with Gasteiger partial charge in [0.2, 0.25) is 0 Å². The summed E-state index contributed by atoms with van der Waals surface area (Å²) in [5.74, 6) is 0.228. The summed E-state index contributed by atoms with van der Waals surface area (Å²) in [6.45, 7) is 6.73. The number of benzene rings is 1. The highest BCUT2D eigenvalue weighted by molar-refractivity contribution is 5.84. The summed E-state index contributed by atoms with van der Waals surface area (Å²) >= 11 is 0. The van der Waals surface area contributed by atoms with Crippen molar-refractivity contribution < 1.29 is 9.53 Å². The van der Waals surface area contributed by atoms with Crippen molar-refractivity contribution >= 4 is 11.7 Å². The van der Waals surface area contributed by atoms with E-state index in [1.54, 1.807) is 6.07 Å². The second kappa shape index (κ2) is 6.74. The third-order valence-electron chi connectivity index (χ3n) is 2.04. The number of esters is 1. The molecule has 0 saturated heterocycles. The second-order valence-electron chi connectivity index (χ2n) is 4.10. The fourth-order valence-electron chi connectivity index (χ4n) is 1.32. The summed E-state index contributed by atoms with van der Waals surface area (Å²) in [6, 6.07) is 7.41. The van der Waals surface area contributed by atoms with E-state index in [1.807, 2.05) is 32.0 Å². The van der Waals surface area contributed by atoms with Crippen LogP contribution >= 0.6 is 0 Å². The van der Waals surface area contributed by atoms with Gasteiger partial charge in [0.05, 0.1) is 0 Å². The van der Waals surface area contributed by atoms with Crippen LogP contribution in [0.4, 0.5) is 5.69 Å². The zero-order chi connectivity index (χ0) is 12.7. The molecule has 1 aromatic rings. The first-order chi connectivity index (χ1) is 8.11. The Hall–Kier alpha value is -1.77. The van der Waals surface area contributed by atoms with Gasteiger partial charge in [-0.1, -0.05) is 18.6 Å². The van der Waals surface area contributed by atoms with Crippen LogP contribution in [0.2, 0.25) is 0 Å². The van der Waals surface area contributed by atoms with Crippen molar-refractivity contribution in [3.8, 4) is 5.75 Å². The summed E-state index contributed by atoms with van der Waals surface area (Å²) in [7, 11) is 0. The van der Waals surface area contributed by atoms with Crippen LogP contribution in [0.5, 0.6) is 5.75 Å². The van der Waals surface area contributed by atoms with Crippen molar-refractivity contribution in [1.29, 1.82) is 0 Å². The van der Waals surface area contributed by atoms with E-state index in [4.69, 9.17) is 4.74 Å². The van der Waals surface area contributed by atoms with Crippen molar-refractivity contribution in [2.45, 2.75) is 27.2 Å². The van der Waals surface area contributed by atoms with Crippen molar-refractivity contribution in [3.05, 3.63) is 35.9 Å². The Bertz CT molecular complexity index is 406. The molecule has 0 bridgehead atoms. The summed E-state index contributed by atoms with van der Waals surface area (Å²) in [5, 5.41) is 3.24. The van der Waals surface area contributed by atoms with Gasteiger partial charge in [0.25, 0.3) is 0 Å². The zero-order valence-electron chi connectivity index (χ0n) is 10.6. The molecule has 3 nitrogen and oxygen atoms in total. The van der Waals surface area contributed by atoms with Gasteiger partial charge in [-0.2, -0.15) is 0 Å². The number of allylic oxidation sites excluding steroid dienone is 1. The summed E-state index contributed by atoms with van der Waals surface area (Å²) in [4.78, 5) is 11.4. The Balaban J connectivity index is 2.65. The van der Waals surface area contributed by atoms with Crippen LogP contribution in [0.15, 0.2) is 35.9 Å². The Kier molecular flexibility index (Phi) is 5.27. The molecule has 0 aromatic heterocycles. The lowest BCUT2D eigenvalue weighted by Gasteiger charge is -2.07. The van der Waals surface area contributed by atoms with Crippen molar-refractivity contribution in [2.24, 2.45) is 0 Å². The van der Waals surface area contributed by atoms with Crippen LogP contribution < -0.4 is 10.1 Å². The highest BCUT2D eigenvalue weighted by Crippen LogP contribution is 2.17. The molecule has 0 saturated carbocycles. The molecule has 1 rings (SSSR count). The molecule has 0 heterocycles. The lowest BCUT2D eigenvalue weighted by atomic mass is 10.3. The fourth-order valence-corrected chi connectivity index (χ4v) is 1.32. The van der Waals surface area contributed by atoms with E-state index in [0.717, 1.165) is 24.2 Å². The average Bonchev–Trinajstić information content (AvgIpc) is 2.25. The SMILES string of the molecule is CCCNc1cccc(OC(=O)C=C(C)C)c1. The Morgan fingerprint density at radius 2 is 2.18 bits per heavy atom. The second-order valence-corrected chi connectivity index (χ2v) is 4.10. The number of ether oxygens (including phenoxy) is 1. The summed E-state index contributed by atoms with van der Waals surface area (Å²) < 4.78 is 5.19. The fraction of sp³-hybridized carbons (Fsp3) is 0.357. The predicted molar refractivity (Wildman–Crippen MR) is 70.3 cm³/mol. The lowest BCUT2D eigenvalue weighted by Crippen LogP contribution is -2.05. The number of carbonyl (C=O) groups excluding carboxylic acids is 1. The first kappa shape index (κ1) is 13.3. The minimum absolute atomic E-state index is 0.336. The third-order valence-corrected chi connectivity index (χ3v) is 2.04. The van der Waals surface area contributed by atoms with E-state index in [0.29, 0.717) is 5.75 Å². The molecule has 1 aromatic carbocycles. The number of rotatable bonds is 5.